The molecule has 0 heterocycles. The number of phenolic OH excluding ortho intramolecular Hbond substituents is 1. The van der Waals surface area contributed by atoms with E-state index < -0.39 is 29.7 Å². The maximum atomic E-state index is 13.8. The number of aliphatic hydroxyl groups excluding tert-OH is 1. The number of methoxy groups -OCH3 is 2. The maximum absolute atomic E-state index is 13.8. The summed E-state index contributed by atoms with van der Waals surface area (Å²) in [7, 11) is 2.67. The Bertz CT molecular complexity index is 1180. The van der Waals surface area contributed by atoms with Crippen LogP contribution in [-0.4, -0.2) is 49.0 Å². The van der Waals surface area contributed by atoms with Crippen LogP contribution in [0.2, 0.25) is 0 Å². The normalized spacial score (nSPS) is 12.6. The topological polar surface area (TPSA) is 100 Å². The van der Waals surface area contributed by atoms with Gasteiger partial charge in [0.15, 0.2) is 11.5 Å². The largest absolute Gasteiger partial charge is 0.502 e. The van der Waals surface area contributed by atoms with E-state index in [1.54, 1.807) is 0 Å². The maximum Gasteiger partial charge on any atom is 0.251 e. The van der Waals surface area contributed by atoms with E-state index in [0.29, 0.717) is 6.54 Å². The number of phenols is 1. The number of aromatic hydroxyl groups is 1. The van der Waals surface area contributed by atoms with Crippen molar-refractivity contribution in [3.05, 3.63) is 88.5 Å². The molecule has 3 aromatic carbocycles. The van der Waals surface area contributed by atoms with Crippen LogP contribution < -0.4 is 20.1 Å². The van der Waals surface area contributed by atoms with E-state index in [1.165, 1.54) is 31.9 Å². The van der Waals surface area contributed by atoms with Crippen molar-refractivity contribution in [1.29, 1.82) is 0 Å². The van der Waals surface area contributed by atoms with E-state index in [-0.39, 0.29) is 41.3 Å². The van der Waals surface area contributed by atoms with E-state index in [2.05, 4.69) is 23.6 Å². The molecule has 0 aliphatic rings. The Morgan fingerprint density at radius 3 is 2.16 bits per heavy atom. The summed E-state index contributed by atoms with van der Waals surface area (Å²) in [5.74, 6) is -2.29. The number of nitrogens with one attached hydrogen (secondary N) is 2. The molecule has 1 unspecified atom stereocenters. The van der Waals surface area contributed by atoms with Crippen LogP contribution >= 0.6 is 0 Å². The first-order chi connectivity index (χ1) is 17.7. The number of halogens is 2. The summed E-state index contributed by atoms with van der Waals surface area (Å²) in [6.07, 6.45) is -0.215. The molecular weight excluding hydrogens is 482 g/mol. The number of hydrogen-bond acceptors (Lipinski definition) is 6. The first kappa shape index (κ1) is 27.9. The zero-order valence-corrected chi connectivity index (χ0v) is 21.1. The lowest BCUT2D eigenvalue weighted by atomic mass is 10.00. The van der Waals surface area contributed by atoms with Crippen LogP contribution in [-0.2, 0) is 19.4 Å². The summed E-state index contributed by atoms with van der Waals surface area (Å²) in [5.41, 5.74) is 2.62. The lowest BCUT2D eigenvalue weighted by Gasteiger charge is -2.25. The summed E-state index contributed by atoms with van der Waals surface area (Å²) >= 11 is 0. The summed E-state index contributed by atoms with van der Waals surface area (Å²) < 4.78 is 37.8. The van der Waals surface area contributed by atoms with E-state index in [4.69, 9.17) is 9.47 Å². The Kier molecular flexibility index (Phi) is 9.82. The third-order valence-corrected chi connectivity index (χ3v) is 5.98. The number of carbonyl (C=O) groups excluding carboxylic acids is 1. The number of benzene rings is 3. The molecule has 3 aromatic rings. The second kappa shape index (κ2) is 13.0. The molecule has 0 spiro atoms. The average Bonchev–Trinajstić information content (AvgIpc) is 2.87. The molecule has 4 N–H and O–H groups in total. The number of aliphatic hydroxyl groups is 1. The Balaban J connectivity index is 1.78. The van der Waals surface area contributed by atoms with Crippen LogP contribution in [0.15, 0.2) is 54.6 Å². The molecule has 0 aliphatic carbocycles. The van der Waals surface area contributed by atoms with Crippen LogP contribution in [0.4, 0.5) is 8.78 Å². The zero-order chi connectivity index (χ0) is 26.9. The van der Waals surface area contributed by atoms with Gasteiger partial charge in [-0.05, 0) is 53.8 Å². The first-order valence-corrected chi connectivity index (χ1v) is 11.9. The molecule has 37 heavy (non-hydrogen) atoms. The Hall–Kier alpha value is -3.69. The number of rotatable bonds is 12. The van der Waals surface area contributed by atoms with Gasteiger partial charge >= 0.3 is 0 Å². The van der Waals surface area contributed by atoms with E-state index in [0.717, 1.165) is 30.2 Å². The van der Waals surface area contributed by atoms with E-state index >= 15 is 0 Å². The highest BCUT2D eigenvalue weighted by Crippen LogP contribution is 2.37. The lowest BCUT2D eigenvalue weighted by molar-refractivity contribution is 0.0829. The van der Waals surface area contributed by atoms with Gasteiger partial charge in [0.05, 0.1) is 26.4 Å². The summed E-state index contributed by atoms with van der Waals surface area (Å²) in [4.78, 5) is 13.1. The van der Waals surface area contributed by atoms with Crippen molar-refractivity contribution >= 4 is 5.91 Å². The number of carbonyl (C=O) groups is 1. The highest BCUT2D eigenvalue weighted by molar-refractivity contribution is 5.95. The molecule has 0 fully saturated rings. The SMILES string of the molecule is CCc1cccc(CNC[C@H](O)C(Cc2cc(F)cc(F)c2)NC(=O)c2cc(OC)c(O)c(OC)c2)c1. The monoisotopic (exact) mass is 514 g/mol. The summed E-state index contributed by atoms with van der Waals surface area (Å²) in [6, 6.07) is 12.9. The van der Waals surface area contributed by atoms with Gasteiger partial charge in [0.25, 0.3) is 5.91 Å². The second-order valence-electron chi connectivity index (χ2n) is 8.66. The smallest absolute Gasteiger partial charge is 0.251 e. The van der Waals surface area contributed by atoms with E-state index in [1.807, 2.05) is 18.2 Å². The van der Waals surface area contributed by atoms with Gasteiger partial charge in [0, 0.05) is 24.7 Å². The molecule has 9 heteroatoms. The average molecular weight is 515 g/mol. The number of amides is 1. The van der Waals surface area contributed by atoms with Crippen molar-refractivity contribution in [3.8, 4) is 17.2 Å². The zero-order valence-electron chi connectivity index (χ0n) is 21.1. The molecule has 0 aliphatic heterocycles. The van der Waals surface area contributed by atoms with Crippen molar-refractivity contribution in [2.75, 3.05) is 20.8 Å². The van der Waals surface area contributed by atoms with Crippen LogP contribution in [0.1, 0.15) is 34.0 Å². The fraction of sp³-hybridized carbons (Fsp3) is 0.321. The Labute approximate surface area is 215 Å². The second-order valence-corrected chi connectivity index (χ2v) is 8.66. The molecule has 2 atom stereocenters. The number of aryl methyl sites for hydroxylation is 1. The van der Waals surface area contributed by atoms with E-state index in [9.17, 15) is 23.8 Å². The quantitative estimate of drug-likeness (QED) is 0.294. The van der Waals surface area contributed by atoms with Gasteiger partial charge in [-0.15, -0.1) is 0 Å². The number of ether oxygens (including phenoxy) is 2. The van der Waals surface area contributed by atoms with Gasteiger partial charge in [0.2, 0.25) is 5.75 Å². The van der Waals surface area contributed by atoms with Gasteiger partial charge in [-0.2, -0.15) is 0 Å². The molecule has 1 amide bonds. The summed E-state index contributed by atoms with van der Waals surface area (Å²) in [5, 5.41) is 27.0. The van der Waals surface area contributed by atoms with Gasteiger partial charge in [-0.1, -0.05) is 31.2 Å². The van der Waals surface area contributed by atoms with Gasteiger partial charge in [-0.3, -0.25) is 4.79 Å². The van der Waals surface area contributed by atoms with Gasteiger partial charge in [0.1, 0.15) is 11.6 Å². The Morgan fingerprint density at radius 2 is 1.57 bits per heavy atom. The predicted octanol–water partition coefficient (Wildman–Crippen LogP) is 3.74. The third kappa shape index (κ3) is 7.65. The van der Waals surface area contributed by atoms with Crippen LogP contribution in [0, 0.1) is 11.6 Å². The fourth-order valence-electron chi connectivity index (χ4n) is 4.01. The minimum Gasteiger partial charge on any atom is -0.502 e. The van der Waals surface area contributed by atoms with Crippen LogP contribution in [0.3, 0.4) is 0 Å². The van der Waals surface area contributed by atoms with Crippen LogP contribution in [0.25, 0.3) is 0 Å². The standard InChI is InChI=1S/C28H32F2N2O5/c1-4-17-6-5-7-18(8-17)15-31-16-24(33)23(11-19-9-21(29)14-22(30)10-19)32-28(35)20-12-25(36-2)27(34)26(13-20)37-3/h5-10,12-14,23-24,31,33-34H,4,11,15-16H2,1-3H3,(H,32,35)/t23?,24-/m0/s1. The molecule has 0 saturated heterocycles. The minimum atomic E-state index is -1.09. The molecule has 0 radical (unpaired) electrons. The molecule has 198 valence electrons. The fourth-order valence-corrected chi connectivity index (χ4v) is 4.01. The van der Waals surface area contributed by atoms with Crippen molar-refractivity contribution in [2.24, 2.45) is 0 Å². The highest BCUT2D eigenvalue weighted by atomic mass is 19.1. The van der Waals surface area contributed by atoms with Crippen molar-refractivity contribution < 1.29 is 33.3 Å². The van der Waals surface area contributed by atoms with Gasteiger partial charge in [-0.25, -0.2) is 8.78 Å². The van der Waals surface area contributed by atoms with Crippen molar-refractivity contribution in [2.45, 2.75) is 38.5 Å². The molecular formula is C28H32F2N2O5. The minimum absolute atomic E-state index is 0.0268. The molecule has 0 saturated carbocycles. The van der Waals surface area contributed by atoms with Crippen molar-refractivity contribution in [1.82, 2.24) is 10.6 Å². The number of hydrogen-bond donors (Lipinski definition) is 4. The first-order valence-electron chi connectivity index (χ1n) is 11.9. The third-order valence-electron chi connectivity index (χ3n) is 5.98. The molecule has 0 aromatic heterocycles. The highest BCUT2D eigenvalue weighted by Gasteiger charge is 2.24. The summed E-state index contributed by atoms with van der Waals surface area (Å²) in [6.45, 7) is 2.67. The van der Waals surface area contributed by atoms with Crippen LogP contribution in [0.5, 0.6) is 17.2 Å². The Morgan fingerprint density at radius 1 is 0.946 bits per heavy atom. The molecule has 0 bridgehead atoms. The predicted molar refractivity (Wildman–Crippen MR) is 136 cm³/mol. The van der Waals surface area contributed by atoms with Gasteiger partial charge < -0.3 is 30.3 Å². The molecule has 7 nitrogen and oxygen atoms in total. The van der Waals surface area contributed by atoms with Crippen molar-refractivity contribution in [3.63, 3.8) is 0 Å². The lowest BCUT2D eigenvalue weighted by Crippen LogP contribution is -2.48. The molecule has 3 rings (SSSR count).